The predicted octanol–water partition coefficient (Wildman–Crippen LogP) is 1.61. The molecular formula is C13H21NO2. The number of Topliss-reactive ketones (excluding diaryl/α,β-unsaturated/α-hetero) is 1. The summed E-state index contributed by atoms with van der Waals surface area (Å²) in [5, 5.41) is 11.3. The quantitative estimate of drug-likeness (QED) is 0.815. The minimum Gasteiger partial charge on any atom is -0.392 e. The maximum Gasteiger partial charge on any atom is 0.149 e. The van der Waals surface area contributed by atoms with Crippen molar-refractivity contribution >= 4 is 5.78 Å². The average molecular weight is 223 g/mol. The summed E-state index contributed by atoms with van der Waals surface area (Å²) in [4.78, 5) is 10.7. The number of aliphatic hydroxyl groups is 1. The Hall–Kier alpha value is -1.19. The molecule has 0 heterocycles. The smallest absolute Gasteiger partial charge is 0.149 e. The maximum absolute atomic E-state index is 10.7. The molecule has 0 atom stereocenters. The highest BCUT2D eigenvalue weighted by molar-refractivity contribution is 5.82. The highest BCUT2D eigenvalue weighted by Crippen LogP contribution is 1.95. The van der Waals surface area contributed by atoms with Crippen LogP contribution in [-0.2, 0) is 11.4 Å². The number of hydrogen-bond acceptors (Lipinski definition) is 3. The zero-order valence-electron chi connectivity index (χ0n) is 10.2. The predicted molar refractivity (Wildman–Crippen MR) is 66.1 cm³/mol. The van der Waals surface area contributed by atoms with Crippen molar-refractivity contribution < 1.29 is 9.90 Å². The lowest BCUT2D eigenvalue weighted by molar-refractivity contribution is -0.120. The first-order chi connectivity index (χ1) is 7.61. The molecule has 1 aromatic carbocycles. The van der Waals surface area contributed by atoms with E-state index in [1.165, 1.54) is 0 Å². The average Bonchev–Trinajstić information content (AvgIpc) is 2.31. The summed E-state index contributed by atoms with van der Waals surface area (Å²) in [6.45, 7) is 4.44. The zero-order valence-corrected chi connectivity index (χ0v) is 10.2. The topological polar surface area (TPSA) is 49.3 Å². The SMILES string of the molecule is CNCC(=O)C(C)C.OCc1ccccc1. The Morgan fingerprint density at radius 3 is 2.12 bits per heavy atom. The number of carbonyl (C=O) groups is 1. The molecule has 0 unspecified atom stereocenters. The molecule has 2 N–H and O–H groups in total. The van der Waals surface area contributed by atoms with E-state index in [1.807, 2.05) is 44.2 Å². The Kier molecular flexibility index (Phi) is 8.39. The Morgan fingerprint density at radius 2 is 1.88 bits per heavy atom. The van der Waals surface area contributed by atoms with Crippen LogP contribution in [0, 0.1) is 5.92 Å². The van der Waals surface area contributed by atoms with E-state index in [0.717, 1.165) is 5.56 Å². The molecule has 0 saturated heterocycles. The van der Waals surface area contributed by atoms with Crippen LogP contribution in [0.4, 0.5) is 0 Å². The zero-order chi connectivity index (χ0) is 12.4. The molecule has 0 aliphatic heterocycles. The van der Waals surface area contributed by atoms with E-state index < -0.39 is 0 Å². The molecule has 3 nitrogen and oxygen atoms in total. The van der Waals surface area contributed by atoms with Gasteiger partial charge in [-0.3, -0.25) is 4.79 Å². The molecule has 0 spiro atoms. The minimum atomic E-state index is 0.140. The third kappa shape index (κ3) is 7.15. The van der Waals surface area contributed by atoms with Crippen molar-refractivity contribution in [2.24, 2.45) is 5.92 Å². The fourth-order valence-corrected chi connectivity index (χ4v) is 0.962. The van der Waals surface area contributed by atoms with Crippen LogP contribution in [0.2, 0.25) is 0 Å². The van der Waals surface area contributed by atoms with Crippen LogP contribution in [0.15, 0.2) is 30.3 Å². The second-order valence-corrected chi connectivity index (χ2v) is 3.80. The Balaban J connectivity index is 0.000000281. The molecule has 0 aromatic heterocycles. The fourth-order valence-electron chi connectivity index (χ4n) is 0.962. The molecule has 0 amide bonds. The lowest BCUT2D eigenvalue weighted by Crippen LogP contribution is -2.22. The van der Waals surface area contributed by atoms with Gasteiger partial charge in [-0.25, -0.2) is 0 Å². The van der Waals surface area contributed by atoms with Crippen LogP contribution in [0.25, 0.3) is 0 Å². The van der Waals surface area contributed by atoms with E-state index in [0.29, 0.717) is 6.54 Å². The Bertz CT molecular complexity index is 283. The van der Waals surface area contributed by atoms with E-state index in [-0.39, 0.29) is 18.3 Å². The van der Waals surface area contributed by atoms with Gasteiger partial charge >= 0.3 is 0 Å². The summed E-state index contributed by atoms with van der Waals surface area (Å²) in [5.74, 6) is 0.440. The van der Waals surface area contributed by atoms with Crippen molar-refractivity contribution in [2.45, 2.75) is 20.5 Å². The van der Waals surface area contributed by atoms with Gasteiger partial charge in [-0.15, -0.1) is 0 Å². The van der Waals surface area contributed by atoms with Crippen LogP contribution < -0.4 is 5.32 Å². The molecule has 0 bridgehead atoms. The van der Waals surface area contributed by atoms with E-state index in [9.17, 15) is 4.79 Å². The summed E-state index contributed by atoms with van der Waals surface area (Å²) in [7, 11) is 1.78. The summed E-state index contributed by atoms with van der Waals surface area (Å²) >= 11 is 0. The van der Waals surface area contributed by atoms with Crippen LogP contribution in [0.3, 0.4) is 0 Å². The molecule has 90 valence electrons. The van der Waals surface area contributed by atoms with Crippen molar-refractivity contribution in [3.8, 4) is 0 Å². The molecule has 0 radical (unpaired) electrons. The van der Waals surface area contributed by atoms with Crippen LogP contribution in [0.1, 0.15) is 19.4 Å². The summed E-state index contributed by atoms with van der Waals surface area (Å²) in [6.07, 6.45) is 0. The second kappa shape index (κ2) is 9.07. The third-order valence-corrected chi connectivity index (χ3v) is 2.02. The van der Waals surface area contributed by atoms with Crippen LogP contribution in [-0.4, -0.2) is 24.5 Å². The largest absolute Gasteiger partial charge is 0.392 e. The van der Waals surface area contributed by atoms with Gasteiger partial charge in [-0.2, -0.15) is 0 Å². The van der Waals surface area contributed by atoms with Crippen molar-refractivity contribution in [1.82, 2.24) is 5.32 Å². The molecule has 0 aliphatic carbocycles. The molecule has 16 heavy (non-hydrogen) atoms. The molecule has 1 rings (SSSR count). The Labute approximate surface area is 97.5 Å². The first-order valence-electron chi connectivity index (χ1n) is 5.44. The summed E-state index contributed by atoms with van der Waals surface area (Å²) in [5.41, 5.74) is 0.965. The molecule has 0 fully saturated rings. The van der Waals surface area contributed by atoms with Gasteiger partial charge in [0.05, 0.1) is 13.2 Å². The molecule has 3 heteroatoms. The Morgan fingerprint density at radius 1 is 1.31 bits per heavy atom. The van der Waals surface area contributed by atoms with Crippen molar-refractivity contribution in [2.75, 3.05) is 13.6 Å². The number of ketones is 1. The number of nitrogens with one attached hydrogen (secondary N) is 1. The third-order valence-electron chi connectivity index (χ3n) is 2.02. The van der Waals surface area contributed by atoms with Gasteiger partial charge in [0, 0.05) is 5.92 Å². The van der Waals surface area contributed by atoms with Crippen LogP contribution >= 0.6 is 0 Å². The number of aliphatic hydroxyl groups excluding tert-OH is 1. The van der Waals surface area contributed by atoms with E-state index in [2.05, 4.69) is 5.32 Å². The van der Waals surface area contributed by atoms with Gasteiger partial charge in [0.15, 0.2) is 0 Å². The van der Waals surface area contributed by atoms with Gasteiger partial charge < -0.3 is 10.4 Å². The lowest BCUT2D eigenvalue weighted by atomic mass is 10.1. The first kappa shape index (κ1) is 14.8. The van der Waals surface area contributed by atoms with E-state index in [4.69, 9.17) is 5.11 Å². The normalized spacial score (nSPS) is 9.56. The highest BCUT2D eigenvalue weighted by Gasteiger charge is 2.03. The summed E-state index contributed by atoms with van der Waals surface area (Å²) < 4.78 is 0. The number of likely N-dealkylation sites (N-methyl/N-ethyl adjacent to an activating group) is 1. The van der Waals surface area contributed by atoms with Crippen LogP contribution in [0.5, 0.6) is 0 Å². The lowest BCUT2D eigenvalue weighted by Gasteiger charge is -2.00. The first-order valence-corrected chi connectivity index (χ1v) is 5.44. The van der Waals surface area contributed by atoms with Gasteiger partial charge in [-0.1, -0.05) is 44.2 Å². The minimum absolute atomic E-state index is 0.140. The molecule has 0 aliphatic rings. The van der Waals surface area contributed by atoms with Crippen molar-refractivity contribution in [3.63, 3.8) is 0 Å². The van der Waals surface area contributed by atoms with Gasteiger partial charge in [0.2, 0.25) is 0 Å². The van der Waals surface area contributed by atoms with Crippen molar-refractivity contribution in [1.29, 1.82) is 0 Å². The van der Waals surface area contributed by atoms with Gasteiger partial charge in [0.1, 0.15) is 5.78 Å². The second-order valence-electron chi connectivity index (χ2n) is 3.80. The number of benzene rings is 1. The fraction of sp³-hybridized carbons (Fsp3) is 0.462. The van der Waals surface area contributed by atoms with E-state index in [1.54, 1.807) is 7.05 Å². The molecule has 1 aromatic rings. The number of hydrogen-bond donors (Lipinski definition) is 2. The van der Waals surface area contributed by atoms with Gasteiger partial charge in [-0.05, 0) is 12.6 Å². The van der Waals surface area contributed by atoms with Crippen molar-refractivity contribution in [3.05, 3.63) is 35.9 Å². The summed E-state index contributed by atoms with van der Waals surface area (Å²) in [6, 6.07) is 9.52. The maximum atomic E-state index is 10.7. The van der Waals surface area contributed by atoms with Gasteiger partial charge in [0.25, 0.3) is 0 Å². The monoisotopic (exact) mass is 223 g/mol. The number of rotatable bonds is 4. The molecule has 0 saturated carbocycles. The molecular weight excluding hydrogens is 202 g/mol. The highest BCUT2D eigenvalue weighted by atomic mass is 16.3. The number of carbonyl (C=O) groups excluding carboxylic acids is 1. The standard InChI is InChI=1S/C7H8O.C6H13NO/c8-6-7-4-2-1-3-5-7;1-5(2)6(8)4-7-3/h1-5,8H,6H2;5,7H,4H2,1-3H3. The van der Waals surface area contributed by atoms with E-state index >= 15 is 0 Å².